The fourth-order valence-electron chi connectivity index (χ4n) is 5.54. The molecular formula is C28H33Cl2HfSi-3. The van der Waals surface area contributed by atoms with Crippen LogP contribution in [0.25, 0.3) is 27.1 Å². The molecule has 3 aromatic rings. The molecule has 170 valence electrons. The summed E-state index contributed by atoms with van der Waals surface area (Å²) in [6.45, 7) is 19.3. The van der Waals surface area contributed by atoms with Gasteiger partial charge in [0.05, 0.1) is 0 Å². The van der Waals surface area contributed by atoms with Gasteiger partial charge in [-0.05, 0) is 17.3 Å². The van der Waals surface area contributed by atoms with E-state index >= 15 is 0 Å². The van der Waals surface area contributed by atoms with Crippen LogP contribution >= 0.6 is 0 Å². The van der Waals surface area contributed by atoms with E-state index in [4.69, 9.17) is 0 Å². The van der Waals surface area contributed by atoms with Crippen LogP contribution in [0, 0.1) is 0 Å². The first kappa shape index (κ1) is 27.7. The maximum atomic E-state index is 2.56. The predicted molar refractivity (Wildman–Crippen MR) is 133 cm³/mol. The van der Waals surface area contributed by atoms with Crippen molar-refractivity contribution in [1.82, 2.24) is 0 Å². The topological polar surface area (TPSA) is 0 Å². The van der Waals surface area contributed by atoms with Crippen molar-refractivity contribution in [3.8, 4) is 0 Å². The summed E-state index contributed by atoms with van der Waals surface area (Å²) in [5.74, 6) is 0. The van der Waals surface area contributed by atoms with Crippen LogP contribution in [-0.2, 0) is 36.7 Å². The minimum atomic E-state index is -1.48. The first-order chi connectivity index (χ1) is 13.4. The molecule has 0 saturated carbocycles. The van der Waals surface area contributed by atoms with Crippen molar-refractivity contribution in [2.24, 2.45) is 0 Å². The van der Waals surface area contributed by atoms with Crippen molar-refractivity contribution in [3.05, 3.63) is 59.2 Å². The second-order valence-corrected chi connectivity index (χ2v) is 15.9. The number of allylic oxidation sites excluding steroid dienone is 4. The number of hydrogen-bond acceptors (Lipinski definition) is 0. The molecule has 32 heavy (non-hydrogen) atoms. The van der Waals surface area contributed by atoms with E-state index in [-0.39, 0.29) is 61.5 Å². The van der Waals surface area contributed by atoms with Gasteiger partial charge in [0, 0.05) is 25.8 Å². The Morgan fingerprint density at radius 3 is 2.09 bits per heavy atom. The second kappa shape index (κ2) is 8.59. The van der Waals surface area contributed by atoms with E-state index in [1.165, 1.54) is 27.3 Å². The Hall–Kier alpha value is -0.543. The molecule has 4 heteroatoms. The molecule has 0 N–H and O–H groups in total. The Morgan fingerprint density at radius 1 is 0.906 bits per heavy atom. The molecule has 0 saturated heterocycles. The Kier molecular flexibility index (Phi) is 7.44. The van der Waals surface area contributed by atoms with Gasteiger partial charge in [0.2, 0.25) is 0 Å². The summed E-state index contributed by atoms with van der Waals surface area (Å²) >= 11 is 0. The largest absolute Gasteiger partial charge is 1.00 e. The van der Waals surface area contributed by atoms with E-state index in [1.807, 2.05) is 0 Å². The molecule has 0 fully saturated rings. The van der Waals surface area contributed by atoms with Crippen LogP contribution in [0.3, 0.4) is 0 Å². The minimum Gasteiger partial charge on any atom is -1.00 e. The molecule has 1 heterocycles. The van der Waals surface area contributed by atoms with E-state index < -0.39 is 8.07 Å². The fourth-order valence-corrected chi connectivity index (χ4v) is 9.49. The van der Waals surface area contributed by atoms with Gasteiger partial charge in [-0.3, -0.25) is 0 Å². The third-order valence-electron chi connectivity index (χ3n) is 7.06. The van der Waals surface area contributed by atoms with Gasteiger partial charge in [0.1, 0.15) is 8.07 Å². The van der Waals surface area contributed by atoms with Gasteiger partial charge < -0.3 is 24.8 Å². The van der Waals surface area contributed by atoms with E-state index in [1.54, 1.807) is 26.9 Å². The summed E-state index contributed by atoms with van der Waals surface area (Å²) in [5, 5.41) is 9.44. The first-order valence-electron chi connectivity index (χ1n) is 11.0. The smallest absolute Gasteiger partial charge is 0.102 e. The van der Waals surface area contributed by atoms with E-state index in [0.717, 1.165) is 6.42 Å². The van der Waals surface area contributed by atoms with Gasteiger partial charge >= 0.3 is 0 Å². The molecule has 2 aliphatic rings. The van der Waals surface area contributed by atoms with Crippen LogP contribution in [0.4, 0.5) is 0 Å². The summed E-state index contributed by atoms with van der Waals surface area (Å²) < 4.78 is 0. The molecule has 0 bridgehead atoms. The molecule has 0 nitrogen and oxygen atoms in total. The van der Waals surface area contributed by atoms with Gasteiger partial charge in [0.15, 0.2) is 0 Å². The first-order valence-corrected chi connectivity index (χ1v) is 14.0. The summed E-state index contributed by atoms with van der Waals surface area (Å²) in [4.78, 5) is 0. The van der Waals surface area contributed by atoms with Crippen molar-refractivity contribution in [2.75, 3.05) is 0 Å². The number of halogens is 2. The summed E-state index contributed by atoms with van der Waals surface area (Å²) in [7, 11) is -1.48. The molecule has 0 aromatic heterocycles. The average Bonchev–Trinajstić information content (AvgIpc) is 3.04. The third-order valence-corrected chi connectivity index (χ3v) is 10.3. The van der Waals surface area contributed by atoms with Crippen molar-refractivity contribution in [3.63, 3.8) is 0 Å². The Labute approximate surface area is 225 Å². The predicted octanol–water partition coefficient (Wildman–Crippen LogP) is 0.792. The van der Waals surface area contributed by atoms with Crippen molar-refractivity contribution < 1.29 is 50.7 Å². The molecular weight excluding hydrogens is 614 g/mol. The Balaban J connectivity index is 0.00000121. The number of rotatable bonds is 1. The SMILES string of the molecule is CC(C)(C)c1ccc2c(c1)[cH-]c1c(C3=CC=CC3)c(C(C)(C)C)c3c(c12)[Si]3(C)C.[Cl-].[Cl-].[Hf]. The van der Waals surface area contributed by atoms with Crippen molar-refractivity contribution in [2.45, 2.75) is 71.9 Å². The van der Waals surface area contributed by atoms with Crippen LogP contribution in [0.15, 0.2) is 42.5 Å². The fraction of sp³-hybridized carbons (Fsp3) is 0.393. The number of fused-ring (bicyclic) bond motifs is 5. The number of hydrogen-bond donors (Lipinski definition) is 0. The molecule has 0 unspecified atom stereocenters. The van der Waals surface area contributed by atoms with Gasteiger partial charge in [-0.2, -0.15) is 0 Å². The Bertz CT molecular complexity index is 1260. The van der Waals surface area contributed by atoms with Crippen LogP contribution in [0.5, 0.6) is 0 Å². The monoisotopic (exact) mass is 647 g/mol. The Morgan fingerprint density at radius 2 is 1.56 bits per heavy atom. The number of benzene rings is 2. The molecule has 0 radical (unpaired) electrons. The quantitative estimate of drug-likeness (QED) is 0.271. The zero-order valence-corrected chi connectivity index (χ0v) is 26.6. The van der Waals surface area contributed by atoms with Crippen LogP contribution in [0.2, 0.25) is 13.1 Å². The molecule has 0 amide bonds. The maximum Gasteiger partial charge on any atom is 0.102 e. The van der Waals surface area contributed by atoms with Crippen LogP contribution in [0.1, 0.15) is 64.7 Å². The summed E-state index contributed by atoms with van der Waals surface area (Å²) in [6.07, 6.45) is 7.96. The molecule has 1 aliphatic carbocycles. The standard InChI is InChI=1S/C28H33Si.2ClH.Hf/c1-27(2,3)19-13-14-20-18(15-19)16-21-22(17-11-9-10-12-17)24(28(4,5)6)26-25(23(20)21)29(26,7)8;;;/h9-11,13-16H,12H2,1-8H3;2*1H;/q-1;;;/p-2. The van der Waals surface area contributed by atoms with Crippen molar-refractivity contribution >= 4 is 45.6 Å². The minimum absolute atomic E-state index is 0. The van der Waals surface area contributed by atoms with Gasteiger partial charge in [0.25, 0.3) is 0 Å². The molecule has 1 aliphatic heterocycles. The zero-order chi connectivity index (χ0) is 20.9. The van der Waals surface area contributed by atoms with Crippen molar-refractivity contribution in [1.29, 1.82) is 0 Å². The molecule has 5 rings (SSSR count). The molecule has 3 aromatic carbocycles. The normalized spacial score (nSPS) is 16.2. The molecule has 0 atom stereocenters. The second-order valence-electron chi connectivity index (χ2n) is 11.7. The van der Waals surface area contributed by atoms with Gasteiger partial charge in [-0.15, -0.1) is 33.7 Å². The van der Waals surface area contributed by atoms with Crippen LogP contribution < -0.4 is 35.2 Å². The van der Waals surface area contributed by atoms with E-state index in [9.17, 15) is 0 Å². The van der Waals surface area contributed by atoms with E-state index in [0.29, 0.717) is 0 Å². The summed E-state index contributed by atoms with van der Waals surface area (Å²) in [6, 6.07) is 9.72. The van der Waals surface area contributed by atoms with Gasteiger partial charge in [-0.25, -0.2) is 0 Å². The van der Waals surface area contributed by atoms with Gasteiger partial charge in [-0.1, -0.05) is 118 Å². The zero-order valence-electron chi connectivity index (χ0n) is 20.5. The van der Waals surface area contributed by atoms with Crippen LogP contribution in [-0.4, -0.2) is 8.07 Å². The summed E-state index contributed by atoms with van der Waals surface area (Å²) in [5.41, 5.74) is 6.46. The average molecular weight is 647 g/mol. The maximum absolute atomic E-state index is 2.56. The third kappa shape index (κ3) is 3.98. The molecule has 0 spiro atoms. The van der Waals surface area contributed by atoms with E-state index in [2.05, 4.69) is 97.1 Å².